The zero-order chi connectivity index (χ0) is 13.9. The summed E-state index contributed by atoms with van der Waals surface area (Å²) in [5.74, 6) is 1.45. The molecule has 0 atom stereocenters. The van der Waals surface area contributed by atoms with Gasteiger partial charge in [0.05, 0.1) is 0 Å². The molecule has 0 spiro atoms. The first-order valence-electron chi connectivity index (χ1n) is 6.67. The van der Waals surface area contributed by atoms with Crippen molar-refractivity contribution in [2.45, 2.75) is 0 Å². The molecule has 6 nitrogen and oxygen atoms in total. The van der Waals surface area contributed by atoms with Gasteiger partial charge < -0.3 is 21.3 Å². The monoisotopic (exact) mass is 306 g/mol. The lowest BCUT2D eigenvalue weighted by Crippen LogP contribution is -2.46. The second kappa shape index (κ2) is 6.49. The lowest BCUT2D eigenvalue weighted by molar-refractivity contribution is 0.647. The molecule has 1 aliphatic rings. The van der Waals surface area contributed by atoms with E-state index in [-0.39, 0.29) is 18.4 Å². The summed E-state index contributed by atoms with van der Waals surface area (Å²) in [6.07, 6.45) is 0. The third-order valence-corrected chi connectivity index (χ3v) is 3.47. The molecule has 2 heterocycles. The van der Waals surface area contributed by atoms with Gasteiger partial charge in [-0.2, -0.15) is 9.97 Å². The molecule has 0 saturated carbocycles. The Kier molecular flexibility index (Phi) is 4.70. The van der Waals surface area contributed by atoms with Gasteiger partial charge in [-0.25, -0.2) is 0 Å². The van der Waals surface area contributed by atoms with Gasteiger partial charge in [0.2, 0.25) is 5.95 Å². The van der Waals surface area contributed by atoms with E-state index in [1.165, 1.54) is 5.69 Å². The number of piperazine rings is 1. The second-order valence-corrected chi connectivity index (χ2v) is 4.82. The first-order chi connectivity index (χ1) is 9.72. The molecule has 112 valence electrons. The molecule has 0 bridgehead atoms. The predicted molar refractivity (Wildman–Crippen MR) is 89.0 cm³/mol. The topological polar surface area (TPSA) is 84.3 Å². The van der Waals surface area contributed by atoms with Crippen LogP contribution in [0.4, 0.5) is 23.3 Å². The maximum Gasteiger partial charge on any atom is 0.223 e. The first kappa shape index (κ1) is 15.2. The summed E-state index contributed by atoms with van der Waals surface area (Å²) < 4.78 is 0. The quantitative estimate of drug-likeness (QED) is 0.872. The summed E-state index contributed by atoms with van der Waals surface area (Å²) in [6.45, 7) is 3.69. The SMILES string of the molecule is Cl.Nc1cc(N2CCN(c3ccccc3)CC2)nc(N)n1. The highest BCUT2D eigenvalue weighted by atomic mass is 35.5. The van der Waals surface area contributed by atoms with E-state index < -0.39 is 0 Å². The first-order valence-corrected chi connectivity index (χ1v) is 6.67. The van der Waals surface area contributed by atoms with Gasteiger partial charge >= 0.3 is 0 Å². The van der Waals surface area contributed by atoms with Crippen LogP contribution in [0.2, 0.25) is 0 Å². The Morgan fingerprint density at radius 1 is 0.857 bits per heavy atom. The van der Waals surface area contributed by atoms with Crippen molar-refractivity contribution >= 4 is 35.7 Å². The van der Waals surface area contributed by atoms with E-state index in [0.29, 0.717) is 5.82 Å². The lowest BCUT2D eigenvalue weighted by atomic mass is 10.2. The Morgan fingerprint density at radius 2 is 1.48 bits per heavy atom. The molecule has 7 heteroatoms. The van der Waals surface area contributed by atoms with Gasteiger partial charge in [-0.1, -0.05) is 18.2 Å². The van der Waals surface area contributed by atoms with Crippen molar-refractivity contribution in [3.8, 4) is 0 Å². The summed E-state index contributed by atoms with van der Waals surface area (Å²) in [4.78, 5) is 12.7. The molecular formula is C14H19ClN6. The molecule has 1 fully saturated rings. The fraction of sp³-hybridized carbons (Fsp3) is 0.286. The average molecular weight is 307 g/mol. The minimum absolute atomic E-state index is 0. The third-order valence-electron chi connectivity index (χ3n) is 3.47. The van der Waals surface area contributed by atoms with Gasteiger partial charge in [0.25, 0.3) is 0 Å². The van der Waals surface area contributed by atoms with Crippen LogP contribution in [0.15, 0.2) is 36.4 Å². The van der Waals surface area contributed by atoms with Gasteiger partial charge in [0.1, 0.15) is 11.6 Å². The molecule has 1 aliphatic heterocycles. The number of benzene rings is 1. The van der Waals surface area contributed by atoms with Gasteiger partial charge in [0, 0.05) is 37.9 Å². The van der Waals surface area contributed by atoms with Gasteiger partial charge in [-0.15, -0.1) is 12.4 Å². The molecule has 2 aromatic rings. The van der Waals surface area contributed by atoms with Crippen LogP contribution in [0.3, 0.4) is 0 Å². The number of aromatic nitrogens is 2. The number of rotatable bonds is 2. The summed E-state index contributed by atoms with van der Waals surface area (Å²) >= 11 is 0. The minimum atomic E-state index is 0. The van der Waals surface area contributed by atoms with Crippen LogP contribution in [0.5, 0.6) is 0 Å². The van der Waals surface area contributed by atoms with Gasteiger partial charge in [0.15, 0.2) is 0 Å². The molecule has 3 rings (SSSR count). The second-order valence-electron chi connectivity index (χ2n) is 4.82. The third kappa shape index (κ3) is 3.46. The number of nitrogen functional groups attached to an aromatic ring is 2. The molecule has 0 radical (unpaired) electrons. The largest absolute Gasteiger partial charge is 0.383 e. The van der Waals surface area contributed by atoms with Crippen molar-refractivity contribution < 1.29 is 0 Å². The van der Waals surface area contributed by atoms with Crippen molar-refractivity contribution in [1.29, 1.82) is 0 Å². The molecule has 0 aliphatic carbocycles. The smallest absolute Gasteiger partial charge is 0.223 e. The van der Waals surface area contributed by atoms with E-state index in [1.54, 1.807) is 6.07 Å². The van der Waals surface area contributed by atoms with Crippen LogP contribution in [-0.2, 0) is 0 Å². The number of nitrogens with two attached hydrogens (primary N) is 2. The van der Waals surface area contributed by atoms with E-state index in [9.17, 15) is 0 Å². The minimum Gasteiger partial charge on any atom is -0.383 e. The van der Waals surface area contributed by atoms with Crippen LogP contribution >= 0.6 is 12.4 Å². The van der Waals surface area contributed by atoms with E-state index in [1.807, 2.05) is 6.07 Å². The highest BCUT2D eigenvalue weighted by Gasteiger charge is 2.18. The van der Waals surface area contributed by atoms with Crippen molar-refractivity contribution in [2.75, 3.05) is 47.4 Å². The normalized spacial score (nSPS) is 14.7. The van der Waals surface area contributed by atoms with Gasteiger partial charge in [-0.3, -0.25) is 0 Å². The summed E-state index contributed by atoms with van der Waals surface area (Å²) in [7, 11) is 0. The number of hydrogen-bond acceptors (Lipinski definition) is 6. The maximum atomic E-state index is 5.72. The van der Waals surface area contributed by atoms with Crippen LogP contribution < -0.4 is 21.3 Å². The maximum absolute atomic E-state index is 5.72. The number of anilines is 4. The van der Waals surface area contributed by atoms with E-state index in [0.717, 1.165) is 32.0 Å². The molecule has 4 N–H and O–H groups in total. The Hall–Kier alpha value is -2.21. The Balaban J connectivity index is 0.00000161. The zero-order valence-electron chi connectivity index (χ0n) is 11.6. The molecule has 1 saturated heterocycles. The molecule has 1 aromatic heterocycles. The van der Waals surface area contributed by atoms with E-state index >= 15 is 0 Å². The fourth-order valence-electron chi connectivity index (χ4n) is 2.47. The Bertz CT molecular complexity index is 563. The average Bonchev–Trinajstić information content (AvgIpc) is 2.47. The van der Waals surface area contributed by atoms with Crippen molar-refractivity contribution in [2.24, 2.45) is 0 Å². The molecule has 0 amide bonds. The van der Waals surface area contributed by atoms with Gasteiger partial charge in [-0.05, 0) is 12.1 Å². The van der Waals surface area contributed by atoms with Crippen molar-refractivity contribution in [3.05, 3.63) is 36.4 Å². The highest BCUT2D eigenvalue weighted by molar-refractivity contribution is 5.85. The van der Waals surface area contributed by atoms with Crippen LogP contribution in [0.25, 0.3) is 0 Å². The predicted octanol–water partition coefficient (Wildman–Crippen LogP) is 1.39. The molecule has 0 unspecified atom stereocenters. The molecule has 1 aromatic carbocycles. The fourth-order valence-corrected chi connectivity index (χ4v) is 2.47. The summed E-state index contributed by atoms with van der Waals surface area (Å²) in [6, 6.07) is 12.2. The van der Waals surface area contributed by atoms with E-state index in [2.05, 4.69) is 44.0 Å². The standard InChI is InChI=1S/C14H18N6.ClH/c15-12-10-13(18-14(16)17-12)20-8-6-19(7-9-20)11-4-2-1-3-5-11;/h1-5,10H,6-9H2,(H4,15,16,17,18);1H. The number of halogens is 1. The highest BCUT2D eigenvalue weighted by Crippen LogP contribution is 2.20. The van der Waals surface area contributed by atoms with Crippen LogP contribution in [-0.4, -0.2) is 36.1 Å². The number of nitrogens with zero attached hydrogens (tertiary/aromatic N) is 4. The number of para-hydroxylation sites is 1. The Labute approximate surface area is 130 Å². The zero-order valence-corrected chi connectivity index (χ0v) is 12.5. The lowest BCUT2D eigenvalue weighted by Gasteiger charge is -2.36. The summed E-state index contributed by atoms with van der Waals surface area (Å²) in [5.41, 5.74) is 12.6. The van der Waals surface area contributed by atoms with Crippen LogP contribution in [0.1, 0.15) is 0 Å². The van der Waals surface area contributed by atoms with Crippen molar-refractivity contribution in [1.82, 2.24) is 9.97 Å². The molecular weight excluding hydrogens is 288 g/mol. The van der Waals surface area contributed by atoms with Crippen LogP contribution in [0, 0.1) is 0 Å². The Morgan fingerprint density at radius 3 is 2.10 bits per heavy atom. The summed E-state index contributed by atoms with van der Waals surface area (Å²) in [5, 5.41) is 0. The van der Waals surface area contributed by atoms with Crippen molar-refractivity contribution in [3.63, 3.8) is 0 Å². The molecule has 21 heavy (non-hydrogen) atoms. The number of hydrogen-bond donors (Lipinski definition) is 2. The van der Waals surface area contributed by atoms with E-state index in [4.69, 9.17) is 11.5 Å².